The van der Waals surface area contributed by atoms with Gasteiger partial charge in [0.1, 0.15) is 10.6 Å². The molecule has 0 fully saturated rings. The van der Waals surface area contributed by atoms with Gasteiger partial charge in [-0.2, -0.15) is 0 Å². The van der Waals surface area contributed by atoms with Gasteiger partial charge in [-0.1, -0.05) is 60.7 Å². The number of carboxylic acids is 2. The molecule has 9 heteroatoms. The zero-order valence-electron chi connectivity index (χ0n) is 19.6. The SMILES string of the molecule is O=C(CCCCC(=O)c1scc(-c2ccccc2)c1C(=O)O)Nc1scc(-c2ccccc2)c1C(=O)O. The maximum absolute atomic E-state index is 12.8. The molecule has 37 heavy (non-hydrogen) atoms. The third-order valence-corrected chi connectivity index (χ3v) is 7.66. The van der Waals surface area contributed by atoms with Crippen LogP contribution in [0.15, 0.2) is 71.4 Å². The van der Waals surface area contributed by atoms with Crippen LogP contribution in [0.5, 0.6) is 0 Å². The number of carbonyl (C=O) groups excluding carboxylic acids is 2. The maximum atomic E-state index is 12.8. The number of carboxylic acid groups (broad SMARTS) is 2. The second kappa shape index (κ2) is 11.8. The van der Waals surface area contributed by atoms with Crippen molar-refractivity contribution in [2.75, 3.05) is 5.32 Å². The summed E-state index contributed by atoms with van der Waals surface area (Å²) < 4.78 is 0. The molecule has 4 rings (SSSR count). The fourth-order valence-corrected chi connectivity index (χ4v) is 5.99. The van der Waals surface area contributed by atoms with Crippen molar-refractivity contribution in [2.45, 2.75) is 25.7 Å². The molecule has 0 aliphatic rings. The van der Waals surface area contributed by atoms with Gasteiger partial charge in [-0.15, -0.1) is 22.7 Å². The van der Waals surface area contributed by atoms with Crippen molar-refractivity contribution in [2.24, 2.45) is 0 Å². The topological polar surface area (TPSA) is 121 Å². The molecular weight excluding hydrogens is 510 g/mol. The van der Waals surface area contributed by atoms with E-state index in [1.807, 2.05) is 48.5 Å². The van der Waals surface area contributed by atoms with E-state index >= 15 is 0 Å². The van der Waals surface area contributed by atoms with E-state index in [9.17, 15) is 29.4 Å². The molecule has 0 spiro atoms. The summed E-state index contributed by atoms with van der Waals surface area (Å²) in [4.78, 5) is 49.3. The number of rotatable bonds is 11. The minimum absolute atomic E-state index is 0.00654. The molecule has 0 radical (unpaired) electrons. The van der Waals surface area contributed by atoms with Crippen LogP contribution in [0, 0.1) is 0 Å². The summed E-state index contributed by atoms with van der Waals surface area (Å²) in [6.07, 6.45) is 1.02. The number of amides is 1. The summed E-state index contributed by atoms with van der Waals surface area (Å²) in [5, 5.41) is 25.8. The largest absolute Gasteiger partial charge is 0.478 e. The first-order chi connectivity index (χ1) is 17.9. The van der Waals surface area contributed by atoms with Crippen LogP contribution in [0.2, 0.25) is 0 Å². The summed E-state index contributed by atoms with van der Waals surface area (Å²) in [6.45, 7) is 0. The Morgan fingerprint density at radius 2 is 1.19 bits per heavy atom. The van der Waals surface area contributed by atoms with Gasteiger partial charge < -0.3 is 15.5 Å². The van der Waals surface area contributed by atoms with E-state index < -0.39 is 11.9 Å². The quantitative estimate of drug-likeness (QED) is 0.142. The standard InChI is InChI=1S/C28H23NO6S2/c30-21(25-23(27(32)33)19(15-36-25)17-9-3-1-4-10-17)13-7-8-14-22(31)29-26-24(28(34)35)20(16-37-26)18-11-5-2-6-12-18/h1-6,9-12,15-16H,7-8,13-14H2,(H,29,31)(H,32,33)(H,34,35). The predicted octanol–water partition coefficient (Wildman–Crippen LogP) is 6.92. The van der Waals surface area contributed by atoms with E-state index in [1.165, 1.54) is 0 Å². The Labute approximate surface area is 221 Å². The number of ketones is 1. The molecular formula is C28H23NO6S2. The van der Waals surface area contributed by atoms with E-state index in [0.717, 1.165) is 33.8 Å². The van der Waals surface area contributed by atoms with Gasteiger partial charge in [0, 0.05) is 34.7 Å². The Bertz CT molecular complexity index is 1440. The summed E-state index contributed by atoms with van der Waals surface area (Å²) in [5.74, 6) is -2.89. The zero-order chi connectivity index (χ0) is 26.4. The highest BCUT2D eigenvalue weighted by molar-refractivity contribution is 7.15. The lowest BCUT2D eigenvalue weighted by molar-refractivity contribution is -0.116. The zero-order valence-corrected chi connectivity index (χ0v) is 21.2. The fraction of sp³-hybridized carbons (Fsp3) is 0.143. The van der Waals surface area contributed by atoms with Crippen LogP contribution in [0.25, 0.3) is 22.3 Å². The first-order valence-corrected chi connectivity index (χ1v) is 13.3. The van der Waals surface area contributed by atoms with Gasteiger partial charge in [0.05, 0.1) is 10.4 Å². The third-order valence-electron chi connectivity index (χ3n) is 5.74. The molecule has 4 aromatic rings. The van der Waals surface area contributed by atoms with Crippen LogP contribution in [0.4, 0.5) is 5.00 Å². The molecule has 0 atom stereocenters. The van der Waals surface area contributed by atoms with E-state index in [-0.39, 0.29) is 45.5 Å². The molecule has 2 aromatic carbocycles. The molecule has 3 N–H and O–H groups in total. The lowest BCUT2D eigenvalue weighted by Gasteiger charge is -2.06. The van der Waals surface area contributed by atoms with Crippen molar-refractivity contribution >= 4 is 51.3 Å². The van der Waals surface area contributed by atoms with Crippen LogP contribution in [0.3, 0.4) is 0 Å². The van der Waals surface area contributed by atoms with E-state index in [1.54, 1.807) is 22.9 Å². The molecule has 188 valence electrons. The van der Waals surface area contributed by atoms with Crippen LogP contribution in [-0.4, -0.2) is 33.8 Å². The van der Waals surface area contributed by atoms with Crippen LogP contribution < -0.4 is 5.32 Å². The van der Waals surface area contributed by atoms with Gasteiger partial charge in [0.25, 0.3) is 0 Å². The van der Waals surface area contributed by atoms with Gasteiger partial charge in [-0.3, -0.25) is 9.59 Å². The van der Waals surface area contributed by atoms with Gasteiger partial charge in [-0.25, -0.2) is 9.59 Å². The van der Waals surface area contributed by atoms with Crippen molar-refractivity contribution in [1.29, 1.82) is 0 Å². The average molecular weight is 534 g/mol. The van der Waals surface area contributed by atoms with Gasteiger partial charge in [0.15, 0.2) is 5.78 Å². The Balaban J connectivity index is 1.35. The number of hydrogen-bond acceptors (Lipinski definition) is 6. The first kappa shape index (κ1) is 26.0. The first-order valence-electron chi connectivity index (χ1n) is 11.5. The molecule has 0 aliphatic carbocycles. The summed E-state index contributed by atoms with van der Waals surface area (Å²) in [7, 11) is 0. The highest BCUT2D eigenvalue weighted by Gasteiger charge is 2.24. The second-order valence-electron chi connectivity index (χ2n) is 8.23. The lowest BCUT2D eigenvalue weighted by atomic mass is 10.0. The third kappa shape index (κ3) is 6.02. The molecule has 0 saturated heterocycles. The molecule has 0 unspecified atom stereocenters. The number of thiophene rings is 2. The molecule has 2 heterocycles. The number of anilines is 1. The number of Topliss-reactive ketones (excluding diaryl/α,β-unsaturated/α-hetero) is 1. The Kier molecular flexibility index (Phi) is 8.27. The van der Waals surface area contributed by atoms with Gasteiger partial charge in [0.2, 0.25) is 5.91 Å². The molecule has 0 aliphatic heterocycles. The Morgan fingerprint density at radius 1 is 0.676 bits per heavy atom. The monoisotopic (exact) mass is 533 g/mol. The van der Waals surface area contributed by atoms with Crippen molar-refractivity contribution in [3.63, 3.8) is 0 Å². The predicted molar refractivity (Wildman–Crippen MR) is 145 cm³/mol. The number of carbonyl (C=O) groups is 4. The lowest BCUT2D eigenvalue weighted by Crippen LogP contribution is -2.13. The molecule has 7 nitrogen and oxygen atoms in total. The summed E-state index contributed by atoms with van der Waals surface area (Å²) in [6, 6.07) is 18.1. The van der Waals surface area contributed by atoms with Crippen LogP contribution in [0.1, 0.15) is 56.1 Å². The van der Waals surface area contributed by atoms with Gasteiger partial charge >= 0.3 is 11.9 Å². The number of unbranched alkanes of at least 4 members (excludes halogenated alkanes) is 1. The number of nitrogens with one attached hydrogen (secondary N) is 1. The van der Waals surface area contributed by atoms with E-state index in [4.69, 9.17) is 0 Å². The minimum Gasteiger partial charge on any atom is -0.478 e. The van der Waals surface area contributed by atoms with Crippen molar-refractivity contribution in [1.82, 2.24) is 0 Å². The maximum Gasteiger partial charge on any atom is 0.339 e. The Hall–Kier alpha value is -4.08. The summed E-state index contributed by atoms with van der Waals surface area (Å²) >= 11 is 2.27. The average Bonchev–Trinajstić information content (AvgIpc) is 3.53. The molecule has 1 amide bonds. The summed E-state index contributed by atoms with van der Waals surface area (Å²) in [5.41, 5.74) is 2.59. The highest BCUT2D eigenvalue weighted by Crippen LogP contribution is 2.36. The number of benzene rings is 2. The minimum atomic E-state index is -1.15. The smallest absolute Gasteiger partial charge is 0.339 e. The van der Waals surface area contributed by atoms with Crippen molar-refractivity contribution < 1.29 is 29.4 Å². The normalized spacial score (nSPS) is 10.7. The number of aromatic carboxylic acids is 2. The van der Waals surface area contributed by atoms with Gasteiger partial charge in [-0.05, 0) is 24.0 Å². The fourth-order valence-electron chi connectivity index (χ4n) is 3.97. The highest BCUT2D eigenvalue weighted by atomic mass is 32.1. The van der Waals surface area contributed by atoms with Crippen molar-refractivity contribution in [3.05, 3.63) is 87.4 Å². The number of hydrogen-bond donors (Lipinski definition) is 3. The van der Waals surface area contributed by atoms with Crippen LogP contribution >= 0.6 is 22.7 Å². The molecule has 0 saturated carbocycles. The Morgan fingerprint density at radius 3 is 1.76 bits per heavy atom. The van der Waals surface area contributed by atoms with E-state index in [2.05, 4.69) is 5.32 Å². The van der Waals surface area contributed by atoms with Crippen LogP contribution in [-0.2, 0) is 4.79 Å². The van der Waals surface area contributed by atoms with Crippen molar-refractivity contribution in [3.8, 4) is 22.3 Å². The molecule has 0 bridgehead atoms. The van der Waals surface area contributed by atoms with E-state index in [0.29, 0.717) is 24.0 Å². The second-order valence-corrected chi connectivity index (χ2v) is 9.99. The molecule has 2 aromatic heterocycles.